The molecule has 1 unspecified atom stereocenters. The lowest BCUT2D eigenvalue weighted by Crippen LogP contribution is -2.31. The Balaban J connectivity index is 1.54. The lowest BCUT2D eigenvalue weighted by Gasteiger charge is -2.27. The van der Waals surface area contributed by atoms with Gasteiger partial charge in [0.25, 0.3) is 5.91 Å². The fraction of sp³-hybridized carbons (Fsp3) is 0.333. The Hall–Kier alpha value is -4.17. The number of aromatic amines is 1. The number of aryl methyl sites for hydroxylation is 1. The number of carbonyl (C=O) groups excluding carboxylic acids is 1. The molecule has 0 saturated carbocycles. The van der Waals surface area contributed by atoms with E-state index in [0.717, 1.165) is 41.7 Å². The molecule has 5 rings (SSSR count). The van der Waals surface area contributed by atoms with Crippen LogP contribution in [-0.2, 0) is 6.42 Å². The number of methoxy groups -OCH3 is 2. The molecule has 0 radical (unpaired) electrons. The second kappa shape index (κ2) is 12.8. The number of halogens is 1. The molecular weight excluding hydrogens is 554 g/mol. The minimum Gasteiger partial charge on any atom is -0.507 e. The van der Waals surface area contributed by atoms with Crippen molar-refractivity contribution in [2.24, 2.45) is 0 Å². The third-order valence-corrected chi connectivity index (χ3v) is 8.08. The lowest BCUT2D eigenvalue weighted by molar-refractivity contribution is 0.0745. The van der Waals surface area contributed by atoms with Crippen molar-refractivity contribution in [2.75, 3.05) is 27.4 Å². The second-order valence-corrected chi connectivity index (χ2v) is 10.9. The van der Waals surface area contributed by atoms with Crippen LogP contribution in [0.3, 0.4) is 0 Å². The van der Waals surface area contributed by atoms with Crippen molar-refractivity contribution in [3.8, 4) is 34.3 Å². The highest BCUT2D eigenvalue weighted by atomic mass is 35.5. The smallest absolute Gasteiger partial charge is 0.273 e. The van der Waals surface area contributed by atoms with E-state index in [0.29, 0.717) is 58.6 Å². The average Bonchev–Trinajstić information content (AvgIpc) is 3.54. The minimum atomic E-state index is -0.458. The van der Waals surface area contributed by atoms with Gasteiger partial charge in [0.1, 0.15) is 22.9 Å². The van der Waals surface area contributed by atoms with Crippen LogP contribution < -0.4 is 14.2 Å². The zero-order valence-corrected chi connectivity index (χ0v) is 25.1. The van der Waals surface area contributed by atoms with E-state index in [2.05, 4.69) is 17.1 Å². The molecule has 2 N–H and O–H groups in total. The van der Waals surface area contributed by atoms with Gasteiger partial charge in [0, 0.05) is 22.7 Å². The number of unbranched alkanes of at least 4 members (excludes halogenated alkanes) is 2. The molecule has 220 valence electrons. The summed E-state index contributed by atoms with van der Waals surface area (Å²) in [5.41, 5.74) is 4.70. The monoisotopic (exact) mass is 589 g/mol. The van der Waals surface area contributed by atoms with E-state index < -0.39 is 6.04 Å². The van der Waals surface area contributed by atoms with E-state index in [4.69, 9.17) is 25.8 Å². The molecule has 1 aromatic heterocycles. The minimum absolute atomic E-state index is 0.0502. The number of ether oxygens (including phenoxy) is 3. The van der Waals surface area contributed by atoms with Gasteiger partial charge in [-0.1, -0.05) is 49.6 Å². The third-order valence-electron chi connectivity index (χ3n) is 7.68. The predicted molar refractivity (Wildman–Crippen MR) is 163 cm³/mol. The van der Waals surface area contributed by atoms with Gasteiger partial charge in [-0.05, 0) is 72.9 Å². The zero-order chi connectivity index (χ0) is 29.8. The Morgan fingerprint density at radius 3 is 2.62 bits per heavy atom. The Morgan fingerprint density at radius 2 is 1.86 bits per heavy atom. The van der Waals surface area contributed by atoms with Crippen molar-refractivity contribution in [3.63, 3.8) is 0 Å². The van der Waals surface area contributed by atoms with Crippen LogP contribution in [0.2, 0.25) is 5.02 Å². The number of phenolic OH excluding ortho intramolecular Hbond substituents is 1. The highest BCUT2D eigenvalue weighted by Crippen LogP contribution is 2.46. The van der Waals surface area contributed by atoms with Crippen LogP contribution in [0.5, 0.6) is 23.0 Å². The molecule has 4 aromatic rings. The van der Waals surface area contributed by atoms with Gasteiger partial charge < -0.3 is 24.2 Å². The summed E-state index contributed by atoms with van der Waals surface area (Å²) in [4.78, 5) is 15.7. The number of hydrogen-bond donors (Lipinski definition) is 2. The van der Waals surface area contributed by atoms with Crippen LogP contribution in [0.15, 0.2) is 54.6 Å². The van der Waals surface area contributed by atoms with Crippen LogP contribution in [0.4, 0.5) is 0 Å². The van der Waals surface area contributed by atoms with Crippen LogP contribution in [0.1, 0.15) is 65.0 Å². The molecule has 0 fully saturated rings. The summed E-state index contributed by atoms with van der Waals surface area (Å²) in [7, 11) is 3.21. The van der Waals surface area contributed by atoms with E-state index in [1.165, 1.54) is 0 Å². The fourth-order valence-electron chi connectivity index (χ4n) is 5.44. The standard InChI is InChI=1S/C33H36ClN3O5/c1-5-6-7-15-42-23-10-8-9-22(18-23)32-29-30(24-19-25(34)20(2)16-26(24)38)35-36-31(29)33(39)37(32)14-13-21-11-12-27(40-3)28(17-21)41-4/h8-12,16-19,32,38H,5-7,13-15H2,1-4H3,(H,35,36). The molecule has 0 spiro atoms. The molecule has 42 heavy (non-hydrogen) atoms. The Bertz CT molecular complexity index is 1580. The van der Waals surface area contributed by atoms with Gasteiger partial charge in [-0.3, -0.25) is 9.89 Å². The number of rotatable bonds is 12. The van der Waals surface area contributed by atoms with Gasteiger partial charge in [0.2, 0.25) is 0 Å². The summed E-state index contributed by atoms with van der Waals surface area (Å²) in [6, 6.07) is 16.5. The summed E-state index contributed by atoms with van der Waals surface area (Å²) in [5.74, 6) is 1.91. The predicted octanol–water partition coefficient (Wildman–Crippen LogP) is 7.12. The number of amides is 1. The van der Waals surface area contributed by atoms with Crippen LogP contribution in [-0.4, -0.2) is 53.5 Å². The Labute approximate surface area is 251 Å². The van der Waals surface area contributed by atoms with E-state index >= 15 is 0 Å². The highest BCUT2D eigenvalue weighted by molar-refractivity contribution is 6.31. The fourth-order valence-corrected chi connectivity index (χ4v) is 5.60. The van der Waals surface area contributed by atoms with Crippen molar-refractivity contribution in [3.05, 3.63) is 87.6 Å². The summed E-state index contributed by atoms with van der Waals surface area (Å²) < 4.78 is 16.9. The Kier molecular flexibility index (Phi) is 8.92. The molecule has 9 heteroatoms. The number of benzene rings is 3. The first-order chi connectivity index (χ1) is 20.4. The van der Waals surface area contributed by atoms with Crippen LogP contribution in [0, 0.1) is 6.92 Å². The highest BCUT2D eigenvalue weighted by Gasteiger charge is 2.42. The van der Waals surface area contributed by atoms with Gasteiger partial charge >= 0.3 is 0 Å². The number of H-pyrrole nitrogens is 1. The molecule has 0 aliphatic carbocycles. The third kappa shape index (κ3) is 5.77. The molecular formula is C33H36ClN3O5. The molecule has 3 aromatic carbocycles. The summed E-state index contributed by atoms with van der Waals surface area (Å²) in [6.45, 7) is 5.05. The second-order valence-electron chi connectivity index (χ2n) is 10.4. The molecule has 1 amide bonds. The van der Waals surface area contributed by atoms with Crippen molar-refractivity contribution < 1.29 is 24.1 Å². The van der Waals surface area contributed by atoms with E-state index in [1.54, 1.807) is 26.4 Å². The van der Waals surface area contributed by atoms with E-state index in [9.17, 15) is 9.90 Å². The molecule has 1 aliphatic heterocycles. The first-order valence-electron chi connectivity index (χ1n) is 14.2. The number of nitrogens with zero attached hydrogens (tertiary/aromatic N) is 2. The maximum absolute atomic E-state index is 13.9. The van der Waals surface area contributed by atoms with Gasteiger partial charge in [0.05, 0.1) is 26.9 Å². The molecule has 1 aliphatic rings. The molecule has 8 nitrogen and oxygen atoms in total. The Morgan fingerprint density at radius 1 is 1.05 bits per heavy atom. The van der Waals surface area contributed by atoms with Crippen molar-refractivity contribution in [1.29, 1.82) is 0 Å². The molecule has 2 heterocycles. The number of aromatic nitrogens is 2. The van der Waals surface area contributed by atoms with Crippen LogP contribution in [0.25, 0.3) is 11.3 Å². The molecule has 0 bridgehead atoms. The summed E-state index contributed by atoms with van der Waals surface area (Å²) in [6.07, 6.45) is 3.78. The average molecular weight is 590 g/mol. The molecule has 1 atom stereocenters. The number of nitrogens with one attached hydrogen (secondary N) is 1. The lowest BCUT2D eigenvalue weighted by atomic mass is 9.95. The van der Waals surface area contributed by atoms with Gasteiger partial charge in [0.15, 0.2) is 11.5 Å². The number of hydrogen-bond acceptors (Lipinski definition) is 6. The summed E-state index contributed by atoms with van der Waals surface area (Å²) >= 11 is 6.46. The largest absolute Gasteiger partial charge is 0.507 e. The first kappa shape index (κ1) is 29.3. The van der Waals surface area contributed by atoms with Gasteiger partial charge in [-0.15, -0.1) is 0 Å². The van der Waals surface area contributed by atoms with E-state index in [1.807, 2.05) is 54.3 Å². The normalized spacial score (nSPS) is 14.3. The number of phenols is 1. The first-order valence-corrected chi connectivity index (χ1v) is 14.6. The van der Waals surface area contributed by atoms with Crippen molar-refractivity contribution >= 4 is 17.5 Å². The SMILES string of the molecule is CCCCCOc1cccc(C2c3c(-c4cc(Cl)c(C)cc4O)n[nH]c3C(=O)N2CCc2ccc(OC)c(OC)c2)c1. The maximum atomic E-state index is 13.9. The number of carbonyl (C=O) groups is 1. The van der Waals surface area contributed by atoms with Gasteiger partial charge in [-0.2, -0.15) is 5.10 Å². The van der Waals surface area contributed by atoms with Gasteiger partial charge in [-0.25, -0.2) is 0 Å². The number of aromatic hydroxyl groups is 1. The maximum Gasteiger partial charge on any atom is 0.273 e. The van der Waals surface area contributed by atoms with Crippen molar-refractivity contribution in [1.82, 2.24) is 15.1 Å². The topological polar surface area (TPSA) is 96.9 Å². The number of fused-ring (bicyclic) bond motifs is 1. The zero-order valence-electron chi connectivity index (χ0n) is 24.4. The summed E-state index contributed by atoms with van der Waals surface area (Å²) in [5, 5.41) is 18.8. The van der Waals surface area contributed by atoms with Crippen LogP contribution >= 0.6 is 11.6 Å². The molecule has 0 saturated heterocycles. The van der Waals surface area contributed by atoms with E-state index in [-0.39, 0.29) is 11.7 Å². The van der Waals surface area contributed by atoms with Crippen molar-refractivity contribution in [2.45, 2.75) is 45.6 Å². The quantitative estimate of drug-likeness (QED) is 0.171.